The van der Waals surface area contributed by atoms with Crippen LogP contribution in [0.4, 0.5) is 18.9 Å². The molecule has 0 radical (unpaired) electrons. The smallest absolute Gasteiger partial charge is 0.418 e. The van der Waals surface area contributed by atoms with Crippen LogP contribution in [0.3, 0.4) is 0 Å². The molecular formula is C23H25BrF3NO2. The van der Waals surface area contributed by atoms with Crippen LogP contribution in [0.15, 0.2) is 59.2 Å². The summed E-state index contributed by atoms with van der Waals surface area (Å²) in [7, 11) is 1.48. The van der Waals surface area contributed by atoms with Crippen molar-refractivity contribution in [3.63, 3.8) is 0 Å². The summed E-state index contributed by atoms with van der Waals surface area (Å²) in [5, 5.41) is 11.0. The highest BCUT2D eigenvalue weighted by atomic mass is 79.9. The van der Waals surface area contributed by atoms with E-state index in [4.69, 9.17) is 4.74 Å². The molecule has 3 rings (SSSR count). The highest BCUT2D eigenvalue weighted by Gasteiger charge is 2.57. The van der Waals surface area contributed by atoms with Crippen molar-refractivity contribution in [1.82, 2.24) is 0 Å². The minimum Gasteiger partial charge on any atom is -0.496 e. The maximum Gasteiger partial charge on any atom is 0.418 e. The molecule has 1 aliphatic rings. The number of anilines is 1. The van der Waals surface area contributed by atoms with Gasteiger partial charge in [-0.25, -0.2) is 0 Å². The number of hydrogen-bond acceptors (Lipinski definition) is 3. The molecule has 0 spiro atoms. The van der Waals surface area contributed by atoms with Gasteiger partial charge in [0.05, 0.1) is 13.7 Å². The Morgan fingerprint density at radius 2 is 1.83 bits per heavy atom. The largest absolute Gasteiger partial charge is 0.496 e. The van der Waals surface area contributed by atoms with E-state index in [1.807, 2.05) is 18.2 Å². The molecule has 1 heterocycles. The van der Waals surface area contributed by atoms with Gasteiger partial charge in [-0.2, -0.15) is 13.2 Å². The molecule has 2 aromatic rings. The van der Waals surface area contributed by atoms with Gasteiger partial charge in [-0.05, 0) is 48.1 Å². The van der Waals surface area contributed by atoms with Gasteiger partial charge in [-0.15, -0.1) is 0 Å². The number of allylic oxidation sites excluding steroid dienone is 1. The molecule has 2 aromatic carbocycles. The van der Waals surface area contributed by atoms with Gasteiger partial charge in [0.25, 0.3) is 0 Å². The Bertz CT molecular complexity index is 942. The third-order valence-electron chi connectivity index (χ3n) is 5.51. The highest BCUT2D eigenvalue weighted by Crippen LogP contribution is 2.45. The molecule has 1 atom stereocenters. The lowest BCUT2D eigenvalue weighted by Crippen LogP contribution is -2.55. The molecule has 0 aromatic heterocycles. The number of fused-ring (bicyclic) bond motifs is 1. The van der Waals surface area contributed by atoms with Crippen LogP contribution < -0.4 is 9.64 Å². The first-order chi connectivity index (χ1) is 14.0. The van der Waals surface area contributed by atoms with Crippen LogP contribution >= 0.6 is 15.9 Å². The summed E-state index contributed by atoms with van der Waals surface area (Å²) >= 11 is 3.38. The Kier molecular flexibility index (Phi) is 6.25. The number of benzene rings is 2. The van der Waals surface area contributed by atoms with Crippen LogP contribution in [0.25, 0.3) is 0 Å². The lowest BCUT2D eigenvalue weighted by molar-refractivity contribution is -0.262. The van der Waals surface area contributed by atoms with E-state index in [2.05, 4.69) is 15.9 Å². The molecule has 1 aliphatic heterocycles. The van der Waals surface area contributed by atoms with E-state index in [1.165, 1.54) is 12.0 Å². The van der Waals surface area contributed by atoms with Gasteiger partial charge in [0.15, 0.2) is 5.60 Å². The fraction of sp³-hybridized carbons (Fsp3) is 0.391. The zero-order valence-corrected chi connectivity index (χ0v) is 18.7. The quantitative estimate of drug-likeness (QED) is 0.547. The van der Waals surface area contributed by atoms with Crippen molar-refractivity contribution in [1.29, 1.82) is 0 Å². The molecular weight excluding hydrogens is 459 g/mol. The first-order valence-electron chi connectivity index (χ1n) is 9.61. The normalized spacial score (nSPS) is 16.2. The van der Waals surface area contributed by atoms with Crippen molar-refractivity contribution >= 4 is 21.6 Å². The monoisotopic (exact) mass is 483 g/mol. The van der Waals surface area contributed by atoms with Gasteiger partial charge < -0.3 is 14.7 Å². The van der Waals surface area contributed by atoms with Crippen LogP contribution in [0, 0.1) is 0 Å². The number of nitrogens with zero attached hydrogens (tertiary/aromatic N) is 1. The summed E-state index contributed by atoms with van der Waals surface area (Å²) in [6, 6.07) is 12.5. The molecule has 0 saturated carbocycles. The number of ether oxygens (including phenoxy) is 1. The van der Waals surface area contributed by atoms with Gasteiger partial charge >= 0.3 is 6.18 Å². The molecule has 1 unspecified atom stereocenters. The number of aliphatic hydroxyl groups is 1. The topological polar surface area (TPSA) is 32.7 Å². The summed E-state index contributed by atoms with van der Waals surface area (Å²) in [6.45, 7) is 2.78. The van der Waals surface area contributed by atoms with E-state index in [0.717, 1.165) is 10.0 Å². The SMILES string of the molecule is COc1ccc(Br)cc1C(C)(C)CC(O)(CN1C=CCc2ccccc21)C(F)(F)F. The molecule has 0 aliphatic carbocycles. The second kappa shape index (κ2) is 8.27. The number of halogens is 4. The van der Waals surface area contributed by atoms with E-state index < -0.39 is 30.2 Å². The van der Waals surface area contributed by atoms with Crippen molar-refractivity contribution in [2.24, 2.45) is 0 Å². The fourth-order valence-electron chi connectivity index (χ4n) is 4.05. The fourth-order valence-corrected chi connectivity index (χ4v) is 4.41. The summed E-state index contributed by atoms with van der Waals surface area (Å²) in [5.41, 5.74) is -1.74. The standard InChI is InChI=1S/C23H25BrF3NO2/c1-21(2,18-13-17(24)10-11-20(18)30-3)14-22(29,23(25,26)27)15-28-12-6-8-16-7-4-5-9-19(16)28/h4-7,9-13,29H,8,14-15H2,1-3H3. The van der Waals surface area contributed by atoms with Crippen molar-refractivity contribution in [2.75, 3.05) is 18.6 Å². The second-order valence-electron chi connectivity index (χ2n) is 8.28. The van der Waals surface area contributed by atoms with Gasteiger partial charge in [-0.3, -0.25) is 0 Å². The third kappa shape index (κ3) is 4.52. The van der Waals surface area contributed by atoms with Crippen LogP contribution in [-0.2, 0) is 11.8 Å². The van der Waals surface area contributed by atoms with Crippen LogP contribution in [0.2, 0.25) is 0 Å². The number of hydrogen-bond donors (Lipinski definition) is 1. The maximum absolute atomic E-state index is 14.2. The van der Waals surface area contributed by atoms with Gasteiger partial charge in [-0.1, -0.05) is 54.1 Å². The third-order valence-corrected chi connectivity index (χ3v) is 6.00. The second-order valence-corrected chi connectivity index (χ2v) is 9.20. The average molecular weight is 484 g/mol. The predicted molar refractivity (Wildman–Crippen MR) is 116 cm³/mol. The Hall–Kier alpha value is -1.99. The first kappa shape index (κ1) is 22.7. The number of β-amino-alcohol motifs (C(OH)–C–C–N with tert-alkyl or cyclic N) is 1. The Labute approximate surface area is 183 Å². The molecule has 3 nitrogen and oxygen atoms in total. The van der Waals surface area contributed by atoms with Gasteiger partial charge in [0.2, 0.25) is 0 Å². The van der Waals surface area contributed by atoms with Crippen LogP contribution in [-0.4, -0.2) is 30.5 Å². The van der Waals surface area contributed by atoms with E-state index in [1.54, 1.807) is 50.4 Å². The summed E-state index contributed by atoms with van der Waals surface area (Å²) in [4.78, 5) is 1.49. The van der Waals surface area contributed by atoms with Crippen LogP contribution in [0.5, 0.6) is 5.75 Å². The minimum absolute atomic E-state index is 0.482. The van der Waals surface area contributed by atoms with Crippen LogP contribution in [0.1, 0.15) is 31.4 Å². The number of methoxy groups -OCH3 is 1. The van der Waals surface area contributed by atoms with E-state index in [9.17, 15) is 18.3 Å². The predicted octanol–water partition coefficient (Wildman–Crippen LogP) is 6.00. The van der Waals surface area contributed by atoms with E-state index >= 15 is 0 Å². The van der Waals surface area contributed by atoms with Gasteiger partial charge in [0.1, 0.15) is 5.75 Å². The number of alkyl halides is 3. The zero-order chi connectivity index (χ0) is 22.2. The van der Waals surface area contributed by atoms with E-state index in [-0.39, 0.29) is 0 Å². The van der Waals surface area contributed by atoms with E-state index in [0.29, 0.717) is 23.4 Å². The lowest BCUT2D eigenvalue weighted by atomic mass is 9.74. The molecule has 1 N–H and O–H groups in total. The molecule has 162 valence electrons. The highest BCUT2D eigenvalue weighted by molar-refractivity contribution is 9.10. The zero-order valence-electron chi connectivity index (χ0n) is 17.1. The summed E-state index contributed by atoms with van der Waals surface area (Å²) < 4.78 is 48.7. The average Bonchev–Trinajstić information content (AvgIpc) is 2.67. The van der Waals surface area contributed by atoms with Crippen molar-refractivity contribution < 1.29 is 23.0 Å². The van der Waals surface area contributed by atoms with Crippen molar-refractivity contribution in [2.45, 2.75) is 43.9 Å². The molecule has 0 amide bonds. The summed E-state index contributed by atoms with van der Waals surface area (Å²) in [5.74, 6) is 0.482. The molecule has 0 saturated heterocycles. The van der Waals surface area contributed by atoms with Crippen molar-refractivity contribution in [3.05, 3.63) is 70.3 Å². The Balaban J connectivity index is 1.98. The molecule has 0 bridgehead atoms. The molecule has 7 heteroatoms. The lowest BCUT2D eigenvalue weighted by Gasteiger charge is -2.41. The Morgan fingerprint density at radius 3 is 2.50 bits per heavy atom. The molecule has 30 heavy (non-hydrogen) atoms. The van der Waals surface area contributed by atoms with Gasteiger partial charge in [0, 0.05) is 21.9 Å². The summed E-state index contributed by atoms with van der Waals surface area (Å²) in [6.07, 6.45) is -1.27. The first-order valence-corrected chi connectivity index (χ1v) is 10.4. The minimum atomic E-state index is -4.82. The Morgan fingerprint density at radius 1 is 1.13 bits per heavy atom. The number of para-hydroxylation sites is 1. The maximum atomic E-state index is 14.2. The molecule has 0 fully saturated rings. The van der Waals surface area contributed by atoms with Crippen molar-refractivity contribution in [3.8, 4) is 5.75 Å². The number of rotatable bonds is 6.